The van der Waals surface area contributed by atoms with E-state index in [1.165, 1.54) is 6.07 Å². The van der Waals surface area contributed by atoms with Gasteiger partial charge >= 0.3 is 0 Å². The number of rotatable bonds is 5. The molecule has 16 heavy (non-hydrogen) atoms. The fraction of sp³-hybridized carbons (Fsp3) is 0.400. The van der Waals surface area contributed by atoms with Gasteiger partial charge in [0.05, 0.1) is 12.7 Å². The maximum atomic E-state index is 13.3. The standard InChI is InChI=1S/C10H12Cl2FNO2/c1-7(2)16-9-3-4-10(13)8(5-9)6-15-14(11)12/h3-5,7H,6H2,1-2H3. The monoisotopic (exact) mass is 267 g/mol. The summed E-state index contributed by atoms with van der Waals surface area (Å²) in [7, 11) is 0. The minimum absolute atomic E-state index is 0.0248. The van der Waals surface area contributed by atoms with Crippen molar-refractivity contribution in [3.63, 3.8) is 0 Å². The zero-order valence-corrected chi connectivity index (χ0v) is 10.4. The van der Waals surface area contributed by atoms with Crippen LogP contribution in [0.5, 0.6) is 5.75 Å². The summed E-state index contributed by atoms with van der Waals surface area (Å²) < 4.78 is 19.2. The summed E-state index contributed by atoms with van der Waals surface area (Å²) in [6, 6.07) is 4.41. The quantitative estimate of drug-likeness (QED) is 0.601. The van der Waals surface area contributed by atoms with Crippen LogP contribution >= 0.6 is 23.6 Å². The van der Waals surface area contributed by atoms with Gasteiger partial charge in [-0.05, 0) is 36.1 Å². The van der Waals surface area contributed by atoms with Gasteiger partial charge in [0.2, 0.25) is 0 Å². The Morgan fingerprint density at radius 1 is 1.38 bits per heavy atom. The average molecular weight is 268 g/mol. The predicted molar refractivity (Wildman–Crippen MR) is 60.5 cm³/mol. The van der Waals surface area contributed by atoms with E-state index in [1.54, 1.807) is 12.1 Å². The molecule has 0 unspecified atom stereocenters. The molecule has 0 aromatic heterocycles. The lowest BCUT2D eigenvalue weighted by Crippen LogP contribution is -2.07. The molecule has 90 valence electrons. The molecular weight excluding hydrogens is 256 g/mol. The van der Waals surface area contributed by atoms with E-state index in [0.29, 0.717) is 15.4 Å². The Morgan fingerprint density at radius 3 is 2.62 bits per heavy atom. The summed E-state index contributed by atoms with van der Waals surface area (Å²) >= 11 is 10.5. The zero-order valence-electron chi connectivity index (χ0n) is 8.91. The number of hydrogen-bond acceptors (Lipinski definition) is 3. The van der Waals surface area contributed by atoms with Crippen molar-refractivity contribution in [2.75, 3.05) is 0 Å². The Balaban J connectivity index is 2.74. The van der Waals surface area contributed by atoms with Gasteiger partial charge in [0, 0.05) is 29.1 Å². The van der Waals surface area contributed by atoms with Crippen LogP contribution in [-0.2, 0) is 11.4 Å². The fourth-order valence-electron chi connectivity index (χ4n) is 1.13. The molecule has 0 fully saturated rings. The molecule has 0 aliphatic rings. The van der Waals surface area contributed by atoms with E-state index in [0.717, 1.165) is 0 Å². The maximum Gasteiger partial charge on any atom is 0.129 e. The van der Waals surface area contributed by atoms with Gasteiger partial charge in [0.25, 0.3) is 0 Å². The van der Waals surface area contributed by atoms with Crippen molar-refractivity contribution in [1.29, 1.82) is 0 Å². The van der Waals surface area contributed by atoms with Gasteiger partial charge in [-0.25, -0.2) is 4.39 Å². The Kier molecular flexibility index (Phi) is 5.28. The SMILES string of the molecule is CC(C)Oc1ccc(F)c(CON(Cl)Cl)c1. The molecule has 0 spiro atoms. The van der Waals surface area contributed by atoms with E-state index in [2.05, 4.69) is 0 Å². The first kappa shape index (κ1) is 13.5. The number of halogens is 3. The van der Waals surface area contributed by atoms with Crippen molar-refractivity contribution in [2.24, 2.45) is 0 Å². The first-order chi connectivity index (χ1) is 7.49. The Bertz CT molecular complexity index is 348. The molecule has 0 saturated carbocycles. The molecule has 3 nitrogen and oxygen atoms in total. The highest BCUT2D eigenvalue weighted by Crippen LogP contribution is 2.19. The zero-order chi connectivity index (χ0) is 12.1. The first-order valence-electron chi connectivity index (χ1n) is 4.68. The van der Waals surface area contributed by atoms with Gasteiger partial charge in [-0.1, -0.05) is 0 Å². The van der Waals surface area contributed by atoms with Crippen LogP contribution in [-0.4, -0.2) is 10.2 Å². The highest BCUT2D eigenvalue weighted by atomic mass is 35.5. The molecule has 6 heteroatoms. The normalized spacial score (nSPS) is 11.2. The molecular formula is C10H12Cl2FNO2. The Hall–Kier alpha value is -0.550. The molecule has 0 aliphatic carbocycles. The van der Waals surface area contributed by atoms with Crippen molar-refractivity contribution in [3.8, 4) is 5.75 Å². The number of benzene rings is 1. The summed E-state index contributed by atoms with van der Waals surface area (Å²) in [5.41, 5.74) is 0.324. The highest BCUT2D eigenvalue weighted by molar-refractivity contribution is 6.32. The first-order valence-corrected chi connectivity index (χ1v) is 5.36. The molecule has 0 atom stereocenters. The van der Waals surface area contributed by atoms with Crippen LogP contribution in [0.2, 0.25) is 0 Å². The molecule has 0 aliphatic heterocycles. The van der Waals surface area contributed by atoms with Crippen LogP contribution in [0.25, 0.3) is 0 Å². The molecule has 0 radical (unpaired) electrons. The van der Waals surface area contributed by atoms with Gasteiger partial charge in [0.15, 0.2) is 0 Å². The lowest BCUT2D eigenvalue weighted by atomic mass is 10.2. The smallest absolute Gasteiger partial charge is 0.129 e. The minimum Gasteiger partial charge on any atom is -0.491 e. The van der Waals surface area contributed by atoms with Crippen molar-refractivity contribution >= 4 is 23.6 Å². The summed E-state index contributed by atoms with van der Waals surface area (Å²) in [6.07, 6.45) is 0.0248. The highest BCUT2D eigenvalue weighted by Gasteiger charge is 2.07. The molecule has 0 bridgehead atoms. The van der Waals surface area contributed by atoms with Crippen molar-refractivity contribution in [2.45, 2.75) is 26.6 Å². The molecule has 0 saturated heterocycles. The van der Waals surface area contributed by atoms with E-state index in [4.69, 9.17) is 33.1 Å². The van der Waals surface area contributed by atoms with E-state index >= 15 is 0 Å². The van der Waals surface area contributed by atoms with E-state index in [-0.39, 0.29) is 12.7 Å². The average Bonchev–Trinajstić information content (AvgIpc) is 2.18. The fourth-order valence-corrected chi connectivity index (χ4v) is 1.22. The van der Waals surface area contributed by atoms with Crippen LogP contribution < -0.4 is 4.74 Å². The molecule has 1 aromatic rings. The topological polar surface area (TPSA) is 21.7 Å². The second-order valence-electron chi connectivity index (χ2n) is 3.40. The van der Waals surface area contributed by atoms with Gasteiger partial charge in [0.1, 0.15) is 11.6 Å². The largest absolute Gasteiger partial charge is 0.491 e. The Labute approximate surface area is 104 Å². The van der Waals surface area contributed by atoms with E-state index in [1.807, 2.05) is 13.8 Å². The Morgan fingerprint density at radius 2 is 2.06 bits per heavy atom. The van der Waals surface area contributed by atoms with Gasteiger partial charge in [-0.2, -0.15) is 0 Å². The van der Waals surface area contributed by atoms with Crippen LogP contribution in [0, 0.1) is 5.82 Å². The number of ether oxygens (including phenoxy) is 1. The summed E-state index contributed by atoms with van der Waals surface area (Å²) in [5.74, 6) is 0.178. The van der Waals surface area contributed by atoms with Gasteiger partial charge in [-0.15, -0.1) is 0 Å². The molecule has 1 aromatic carbocycles. The third kappa shape index (κ3) is 4.53. The van der Waals surface area contributed by atoms with E-state index in [9.17, 15) is 4.39 Å². The van der Waals surface area contributed by atoms with Crippen LogP contribution in [0.15, 0.2) is 18.2 Å². The van der Waals surface area contributed by atoms with Crippen LogP contribution in [0.3, 0.4) is 0 Å². The lowest BCUT2D eigenvalue weighted by molar-refractivity contribution is -0.0272. The second-order valence-corrected chi connectivity index (χ2v) is 4.18. The van der Waals surface area contributed by atoms with Crippen molar-refractivity contribution in [3.05, 3.63) is 29.6 Å². The second kappa shape index (κ2) is 6.25. The summed E-state index contributed by atoms with van der Waals surface area (Å²) in [4.78, 5) is 4.74. The van der Waals surface area contributed by atoms with Gasteiger partial charge < -0.3 is 4.74 Å². The molecule has 0 N–H and O–H groups in total. The third-order valence-electron chi connectivity index (χ3n) is 1.71. The summed E-state index contributed by atoms with van der Waals surface area (Å²) in [6.45, 7) is 3.71. The molecule has 0 amide bonds. The van der Waals surface area contributed by atoms with Crippen molar-refractivity contribution < 1.29 is 14.0 Å². The predicted octanol–water partition coefficient (Wildman–Crippen LogP) is 3.65. The van der Waals surface area contributed by atoms with Gasteiger partial charge in [-0.3, -0.25) is 4.84 Å². The lowest BCUT2D eigenvalue weighted by Gasteiger charge is -2.12. The minimum atomic E-state index is -0.397. The number of nitrogens with zero attached hydrogens (tertiary/aromatic N) is 1. The molecule has 0 heterocycles. The molecule has 1 rings (SSSR count). The van der Waals surface area contributed by atoms with E-state index < -0.39 is 5.82 Å². The van der Waals surface area contributed by atoms with Crippen LogP contribution in [0.1, 0.15) is 19.4 Å². The summed E-state index contributed by atoms with van der Waals surface area (Å²) in [5, 5.41) is 0. The number of hydrogen-bond donors (Lipinski definition) is 0. The maximum absolute atomic E-state index is 13.3. The van der Waals surface area contributed by atoms with Crippen molar-refractivity contribution in [1.82, 2.24) is 4.10 Å². The third-order valence-corrected chi connectivity index (χ3v) is 1.90. The van der Waals surface area contributed by atoms with Crippen LogP contribution in [0.4, 0.5) is 4.39 Å².